The molecule has 1 aromatic carbocycles. The topological polar surface area (TPSA) is 225 Å². The number of aromatic nitrogens is 3. The highest BCUT2D eigenvalue weighted by molar-refractivity contribution is 7.52. The third-order valence-corrected chi connectivity index (χ3v) is 9.95. The molecule has 3 heterocycles. The van der Waals surface area contributed by atoms with Crippen LogP contribution in [-0.2, 0) is 52.8 Å². The van der Waals surface area contributed by atoms with Crippen molar-refractivity contribution in [3.63, 3.8) is 0 Å². The molecule has 2 aromatic heterocycles. The molecule has 1 unspecified atom stereocenters. The summed E-state index contributed by atoms with van der Waals surface area (Å²) in [5.74, 6) is -2.16. The fourth-order valence-corrected chi connectivity index (χ4v) is 6.96. The second kappa shape index (κ2) is 17.7. The molecule has 1 aliphatic heterocycles. The Balaban J connectivity index is 1.76. The molecule has 18 heteroatoms. The van der Waals surface area contributed by atoms with E-state index in [1.165, 1.54) is 43.1 Å². The van der Waals surface area contributed by atoms with E-state index in [0.717, 1.165) is 0 Å². The first-order valence-corrected chi connectivity index (χ1v) is 19.0. The third-order valence-electron chi connectivity index (χ3n) is 8.30. The highest BCUT2D eigenvalue weighted by Gasteiger charge is 2.63. The Kier molecular flexibility index (Phi) is 13.8. The summed E-state index contributed by atoms with van der Waals surface area (Å²) < 4.78 is 56.6. The van der Waals surface area contributed by atoms with Crippen molar-refractivity contribution in [2.45, 2.75) is 96.9 Å². The summed E-state index contributed by atoms with van der Waals surface area (Å²) in [5, 5.41) is 17.8. The summed E-state index contributed by atoms with van der Waals surface area (Å²) in [4.78, 5) is 43.6. The van der Waals surface area contributed by atoms with Crippen LogP contribution in [-0.4, -0.2) is 82.8 Å². The van der Waals surface area contributed by atoms with Crippen LogP contribution in [0.15, 0.2) is 48.8 Å². The number of nitrogens with one attached hydrogen (secondary N) is 1. The van der Waals surface area contributed by atoms with Gasteiger partial charge in [0.1, 0.15) is 42.4 Å². The van der Waals surface area contributed by atoms with Crippen molar-refractivity contribution in [2.75, 3.05) is 26.1 Å². The number of hydrogen-bond acceptors (Lipinski definition) is 15. The molecule has 54 heavy (non-hydrogen) atoms. The van der Waals surface area contributed by atoms with Gasteiger partial charge in [-0.05, 0) is 56.9 Å². The van der Waals surface area contributed by atoms with Crippen LogP contribution < -0.4 is 15.3 Å². The van der Waals surface area contributed by atoms with E-state index in [2.05, 4.69) is 21.2 Å². The van der Waals surface area contributed by atoms with E-state index in [9.17, 15) is 24.2 Å². The highest BCUT2D eigenvalue weighted by Crippen LogP contribution is 2.48. The number of anilines is 1. The lowest BCUT2D eigenvalue weighted by Crippen LogP contribution is -2.46. The average molecular weight is 773 g/mol. The van der Waals surface area contributed by atoms with Gasteiger partial charge in [0.25, 0.3) is 0 Å². The number of fused-ring (bicyclic) bond motifs is 1. The molecule has 0 spiro atoms. The molecule has 1 aliphatic rings. The molecule has 0 amide bonds. The molecule has 0 radical (unpaired) electrons. The molecule has 3 N–H and O–H groups in total. The highest BCUT2D eigenvalue weighted by atomic mass is 31.2. The van der Waals surface area contributed by atoms with Gasteiger partial charge < -0.3 is 33.9 Å². The number of hydrogen-bond donors (Lipinski definition) is 2. The zero-order valence-corrected chi connectivity index (χ0v) is 32.6. The van der Waals surface area contributed by atoms with Crippen molar-refractivity contribution < 1.29 is 51.7 Å². The van der Waals surface area contributed by atoms with Crippen molar-refractivity contribution in [3.8, 4) is 11.8 Å². The van der Waals surface area contributed by atoms with Crippen LogP contribution in [0.5, 0.6) is 5.75 Å². The van der Waals surface area contributed by atoms with Gasteiger partial charge in [-0.3, -0.25) is 18.9 Å². The van der Waals surface area contributed by atoms with Crippen LogP contribution in [0.25, 0.3) is 5.52 Å². The first-order valence-electron chi connectivity index (χ1n) is 17.5. The maximum absolute atomic E-state index is 14.5. The largest absolute Gasteiger partial charge is 0.461 e. The summed E-state index contributed by atoms with van der Waals surface area (Å²) in [6.07, 6.45) is -3.33. The van der Waals surface area contributed by atoms with Gasteiger partial charge in [0.05, 0.1) is 17.9 Å². The Morgan fingerprint density at radius 2 is 1.70 bits per heavy atom. The van der Waals surface area contributed by atoms with Gasteiger partial charge in [-0.2, -0.15) is 15.4 Å². The van der Waals surface area contributed by atoms with Crippen molar-refractivity contribution in [1.82, 2.24) is 19.7 Å². The molecular formula is C36H49N6O11P. The molecule has 4 rings (SSSR count). The second-order valence-electron chi connectivity index (χ2n) is 14.3. The van der Waals surface area contributed by atoms with Crippen LogP contribution in [0.1, 0.15) is 67.0 Å². The number of para-hydroxylation sites is 1. The molecule has 0 bridgehead atoms. The number of ether oxygens (including phenoxy) is 5. The maximum Gasteiger partial charge on any atom is 0.459 e. The van der Waals surface area contributed by atoms with Crippen molar-refractivity contribution >= 4 is 37.0 Å². The zero-order chi connectivity index (χ0) is 39.8. The monoisotopic (exact) mass is 772 g/mol. The lowest BCUT2D eigenvalue weighted by molar-refractivity contribution is -0.170. The number of nitriles is 1. The molecule has 0 aliphatic carbocycles. The van der Waals surface area contributed by atoms with Crippen LogP contribution in [0, 0.1) is 23.2 Å². The van der Waals surface area contributed by atoms with Crippen molar-refractivity contribution in [3.05, 3.63) is 54.5 Å². The Morgan fingerprint density at radius 3 is 2.31 bits per heavy atom. The summed E-state index contributed by atoms with van der Waals surface area (Å²) in [5.41, 5.74) is 3.55. The molecular weight excluding hydrogens is 723 g/mol. The summed E-state index contributed by atoms with van der Waals surface area (Å²) in [6, 6.07) is 12.0. The van der Waals surface area contributed by atoms with Crippen molar-refractivity contribution in [2.24, 2.45) is 11.8 Å². The molecule has 1 saturated heterocycles. The molecule has 1 fully saturated rings. The Bertz CT molecular complexity index is 1860. The summed E-state index contributed by atoms with van der Waals surface area (Å²) >= 11 is 0. The fourth-order valence-electron chi connectivity index (χ4n) is 5.46. The third kappa shape index (κ3) is 10.3. The van der Waals surface area contributed by atoms with E-state index in [4.69, 9.17) is 38.5 Å². The Morgan fingerprint density at radius 1 is 1.06 bits per heavy atom. The predicted octanol–water partition coefficient (Wildman–Crippen LogP) is 4.49. The van der Waals surface area contributed by atoms with Crippen LogP contribution >= 0.6 is 7.75 Å². The van der Waals surface area contributed by atoms with Gasteiger partial charge >= 0.3 is 25.7 Å². The SMILES string of the molecule is COC(C)(C)COC(=O)[C@H](C)NP(=O)(OC[C@H]1O[C@@](C#N)(c2ccc3c(N)ncnn23)[C@H](OC(=O)CC(C)C)[C@@H]1OC(=O)CC(C)C)Oc1ccccc1. The van der Waals surface area contributed by atoms with E-state index in [1.54, 1.807) is 38.1 Å². The first-order chi connectivity index (χ1) is 25.4. The van der Waals surface area contributed by atoms with E-state index in [-0.39, 0.29) is 48.5 Å². The molecule has 3 aromatic rings. The minimum Gasteiger partial charge on any atom is -0.461 e. The molecule has 17 nitrogen and oxygen atoms in total. The number of carbonyl (C=O) groups is 3. The summed E-state index contributed by atoms with van der Waals surface area (Å²) in [6.45, 7) is 11.4. The standard InChI is InChI=1S/C36H49N6O11P/c1-22(2)16-29(43)50-31-27(18-49-54(46,53-25-12-10-9-11-13-25)41-24(5)34(45)48-20-35(6,7)47-8)52-36(19-37,32(31)51-30(44)17-23(3)4)28-15-14-26-33(38)39-21-40-42(26)28/h9-15,21-24,27,31-32H,16-18,20H2,1-8H3,(H,41,46)(H2,38,39,40)/t24-,27+,31+,32+,36-,54?/m0/s1. The minimum absolute atomic E-state index is 0.0230. The van der Waals surface area contributed by atoms with Crippen LogP contribution in [0.4, 0.5) is 5.82 Å². The van der Waals surface area contributed by atoms with E-state index in [0.29, 0.717) is 5.52 Å². The Hall–Kier alpha value is -4.59. The number of esters is 3. The average Bonchev–Trinajstić information content (AvgIpc) is 3.66. The van der Waals surface area contributed by atoms with E-state index < -0.39 is 67.8 Å². The number of nitrogens with zero attached hydrogens (tertiary/aromatic N) is 4. The molecule has 6 atom stereocenters. The number of carbonyl (C=O) groups excluding carboxylic acids is 3. The van der Waals surface area contributed by atoms with E-state index in [1.807, 2.05) is 27.7 Å². The Labute approximate surface area is 314 Å². The zero-order valence-electron chi connectivity index (χ0n) is 31.7. The maximum atomic E-state index is 14.5. The molecule has 294 valence electrons. The van der Waals surface area contributed by atoms with Crippen molar-refractivity contribution in [1.29, 1.82) is 5.26 Å². The van der Waals surface area contributed by atoms with E-state index >= 15 is 0 Å². The minimum atomic E-state index is -4.52. The quantitative estimate of drug-likeness (QED) is 0.103. The van der Waals surface area contributed by atoms with Crippen LogP contribution in [0.2, 0.25) is 0 Å². The fraction of sp³-hybridized carbons (Fsp3) is 0.556. The number of rotatable bonds is 18. The van der Waals surface area contributed by atoms with Crippen LogP contribution in [0.3, 0.4) is 0 Å². The summed E-state index contributed by atoms with van der Waals surface area (Å²) in [7, 11) is -3.04. The number of methoxy groups -OCH3 is 1. The first kappa shape index (κ1) is 42.2. The normalized spacial score (nSPS) is 21.7. The predicted molar refractivity (Wildman–Crippen MR) is 194 cm³/mol. The number of nitrogens with two attached hydrogens (primary N) is 1. The van der Waals surface area contributed by atoms with Gasteiger partial charge in [-0.1, -0.05) is 45.9 Å². The van der Waals surface area contributed by atoms with Gasteiger partial charge in [-0.15, -0.1) is 0 Å². The second-order valence-corrected chi connectivity index (χ2v) is 16.0. The number of benzene rings is 1. The van der Waals surface area contributed by atoms with Gasteiger partial charge in [0.15, 0.2) is 18.0 Å². The molecule has 0 saturated carbocycles. The van der Waals surface area contributed by atoms with Gasteiger partial charge in [0.2, 0.25) is 5.60 Å². The lowest BCUT2D eigenvalue weighted by Gasteiger charge is -2.29. The van der Waals surface area contributed by atoms with Gasteiger partial charge in [-0.25, -0.2) is 14.1 Å². The van der Waals surface area contributed by atoms with Gasteiger partial charge in [0, 0.05) is 20.0 Å². The smallest absolute Gasteiger partial charge is 0.459 e. The number of nitrogen functional groups attached to an aromatic ring is 1. The lowest BCUT2D eigenvalue weighted by atomic mass is 9.92.